The van der Waals surface area contributed by atoms with E-state index < -0.39 is 0 Å². The minimum absolute atomic E-state index is 0.229. The predicted molar refractivity (Wildman–Crippen MR) is 57.2 cm³/mol. The summed E-state index contributed by atoms with van der Waals surface area (Å²) in [5, 5.41) is 0. The number of hydrogen-bond donors (Lipinski definition) is 0. The van der Waals surface area contributed by atoms with Crippen LogP contribution in [-0.2, 0) is 4.74 Å². The second-order valence-corrected chi connectivity index (χ2v) is 4.02. The van der Waals surface area contributed by atoms with Crippen molar-refractivity contribution in [2.24, 2.45) is 0 Å². The lowest BCUT2D eigenvalue weighted by molar-refractivity contribution is 0.103. The molecule has 0 aromatic carbocycles. The van der Waals surface area contributed by atoms with Gasteiger partial charge >= 0.3 is 6.09 Å². The third-order valence-electron chi connectivity index (χ3n) is 3.01. The third kappa shape index (κ3) is 2.08. The van der Waals surface area contributed by atoms with Crippen molar-refractivity contribution in [2.45, 2.75) is 25.7 Å². The maximum absolute atomic E-state index is 11.6. The molecule has 2 aliphatic rings. The van der Waals surface area contributed by atoms with E-state index in [9.17, 15) is 4.79 Å². The van der Waals surface area contributed by atoms with E-state index in [4.69, 9.17) is 4.74 Å². The first kappa shape index (κ1) is 10.3. The number of amides is 1. The molecule has 0 spiro atoms. The number of hydrogen-bond acceptors (Lipinski definition) is 3. The zero-order valence-electron chi connectivity index (χ0n) is 9.24. The molecule has 0 aromatic heterocycles. The van der Waals surface area contributed by atoms with Crippen molar-refractivity contribution in [3.05, 3.63) is 11.9 Å². The number of nitrogens with zero attached hydrogens (tertiary/aromatic N) is 2. The highest BCUT2D eigenvalue weighted by atomic mass is 16.5. The molecule has 2 aliphatic heterocycles. The Bertz CT molecular complexity index is 276. The normalized spacial score (nSPS) is 21.5. The van der Waals surface area contributed by atoms with Crippen LogP contribution < -0.4 is 0 Å². The summed E-state index contributed by atoms with van der Waals surface area (Å²) < 4.78 is 4.80. The van der Waals surface area contributed by atoms with Gasteiger partial charge in [-0.3, -0.25) is 4.90 Å². The van der Waals surface area contributed by atoms with Crippen LogP contribution in [0.3, 0.4) is 0 Å². The molecule has 2 heterocycles. The van der Waals surface area contributed by atoms with Crippen molar-refractivity contribution in [3.8, 4) is 0 Å². The Labute approximate surface area is 90.5 Å². The molecule has 0 aromatic rings. The topological polar surface area (TPSA) is 32.8 Å². The number of rotatable bonds is 0. The highest BCUT2D eigenvalue weighted by Crippen LogP contribution is 2.23. The van der Waals surface area contributed by atoms with Gasteiger partial charge in [0.05, 0.1) is 7.11 Å². The summed E-state index contributed by atoms with van der Waals surface area (Å²) in [5.41, 5.74) is 0. The van der Waals surface area contributed by atoms with Crippen molar-refractivity contribution < 1.29 is 9.53 Å². The summed E-state index contributed by atoms with van der Waals surface area (Å²) in [6, 6.07) is 0. The van der Waals surface area contributed by atoms with Gasteiger partial charge < -0.3 is 9.64 Å². The average molecular weight is 210 g/mol. The number of carbonyl (C=O) groups excluding carboxylic acids is 1. The number of carbonyl (C=O) groups is 1. The molecular formula is C11H18N2O2. The fourth-order valence-electron chi connectivity index (χ4n) is 2.26. The van der Waals surface area contributed by atoms with Crippen LogP contribution in [0.25, 0.3) is 0 Å². The number of methoxy groups -OCH3 is 1. The monoisotopic (exact) mass is 210 g/mol. The van der Waals surface area contributed by atoms with E-state index in [1.807, 2.05) is 0 Å². The fraction of sp³-hybridized carbons (Fsp3) is 0.727. The molecule has 0 radical (unpaired) electrons. The Morgan fingerprint density at radius 3 is 2.87 bits per heavy atom. The summed E-state index contributed by atoms with van der Waals surface area (Å²) in [6.07, 6.45) is 6.48. The van der Waals surface area contributed by atoms with Crippen LogP contribution in [0, 0.1) is 0 Å². The molecule has 0 atom stereocenters. The third-order valence-corrected chi connectivity index (χ3v) is 3.01. The van der Waals surface area contributed by atoms with Gasteiger partial charge in [0, 0.05) is 19.6 Å². The van der Waals surface area contributed by atoms with Crippen LogP contribution in [0.2, 0.25) is 0 Å². The van der Waals surface area contributed by atoms with E-state index in [1.165, 1.54) is 20.0 Å². The molecule has 4 heteroatoms. The van der Waals surface area contributed by atoms with Crippen molar-refractivity contribution >= 4 is 6.09 Å². The van der Waals surface area contributed by atoms with Crippen molar-refractivity contribution in [1.29, 1.82) is 0 Å². The van der Waals surface area contributed by atoms with Crippen molar-refractivity contribution in [2.75, 3.05) is 26.7 Å². The zero-order valence-corrected chi connectivity index (χ0v) is 9.24. The average Bonchev–Trinajstić information content (AvgIpc) is 2.52. The highest BCUT2D eigenvalue weighted by molar-refractivity contribution is 5.69. The summed E-state index contributed by atoms with van der Waals surface area (Å²) >= 11 is 0. The molecular weight excluding hydrogens is 192 g/mol. The SMILES string of the molecule is COC(=O)N1CCCN2CCCCC=C21. The largest absolute Gasteiger partial charge is 0.452 e. The lowest BCUT2D eigenvalue weighted by Crippen LogP contribution is -2.45. The molecule has 15 heavy (non-hydrogen) atoms. The van der Waals surface area contributed by atoms with E-state index in [-0.39, 0.29) is 6.09 Å². The van der Waals surface area contributed by atoms with Gasteiger partial charge in [-0.05, 0) is 31.8 Å². The number of ether oxygens (including phenoxy) is 1. The minimum Gasteiger partial charge on any atom is -0.452 e. The highest BCUT2D eigenvalue weighted by Gasteiger charge is 2.27. The van der Waals surface area contributed by atoms with Crippen LogP contribution in [0.15, 0.2) is 11.9 Å². The summed E-state index contributed by atoms with van der Waals surface area (Å²) in [7, 11) is 1.44. The van der Waals surface area contributed by atoms with Gasteiger partial charge in [0.15, 0.2) is 0 Å². The molecule has 4 nitrogen and oxygen atoms in total. The Hall–Kier alpha value is -1.19. The van der Waals surface area contributed by atoms with Gasteiger partial charge in [-0.1, -0.05) is 0 Å². The van der Waals surface area contributed by atoms with Crippen LogP contribution in [-0.4, -0.2) is 42.6 Å². The first-order valence-electron chi connectivity index (χ1n) is 5.63. The maximum atomic E-state index is 11.6. The first-order valence-corrected chi connectivity index (χ1v) is 5.63. The molecule has 84 valence electrons. The molecule has 1 amide bonds. The summed E-state index contributed by atoms with van der Waals surface area (Å²) in [5.74, 6) is 1.06. The number of fused-ring (bicyclic) bond motifs is 1. The standard InChI is InChI=1S/C11H18N2O2/c1-15-11(14)13-9-5-8-12-7-4-2-3-6-10(12)13/h6H,2-5,7-9H2,1H3. The molecule has 0 saturated carbocycles. The molecule has 0 aliphatic carbocycles. The van der Waals surface area contributed by atoms with E-state index in [0.717, 1.165) is 38.3 Å². The van der Waals surface area contributed by atoms with Crippen molar-refractivity contribution in [3.63, 3.8) is 0 Å². The van der Waals surface area contributed by atoms with Crippen molar-refractivity contribution in [1.82, 2.24) is 9.80 Å². The molecule has 1 fully saturated rings. The van der Waals surface area contributed by atoms with Gasteiger partial charge in [-0.15, -0.1) is 0 Å². The quantitative estimate of drug-likeness (QED) is 0.611. The van der Waals surface area contributed by atoms with Gasteiger partial charge in [-0.2, -0.15) is 0 Å². The van der Waals surface area contributed by atoms with Gasteiger partial charge in [0.25, 0.3) is 0 Å². The van der Waals surface area contributed by atoms with Gasteiger partial charge in [0.1, 0.15) is 5.82 Å². The maximum Gasteiger partial charge on any atom is 0.415 e. The second kappa shape index (κ2) is 4.55. The van der Waals surface area contributed by atoms with E-state index in [0.29, 0.717) is 0 Å². The molecule has 0 unspecified atom stereocenters. The van der Waals surface area contributed by atoms with Gasteiger partial charge in [-0.25, -0.2) is 4.79 Å². The lowest BCUT2D eigenvalue weighted by atomic mass is 10.2. The Morgan fingerprint density at radius 1 is 1.27 bits per heavy atom. The Balaban J connectivity index is 2.16. The predicted octanol–water partition coefficient (Wildman–Crippen LogP) is 1.79. The zero-order chi connectivity index (χ0) is 10.7. The fourth-order valence-corrected chi connectivity index (χ4v) is 2.26. The van der Waals surface area contributed by atoms with Crippen LogP contribution in [0.4, 0.5) is 4.79 Å². The van der Waals surface area contributed by atoms with Crippen LogP contribution in [0.1, 0.15) is 25.7 Å². The van der Waals surface area contributed by atoms with Gasteiger partial charge in [0.2, 0.25) is 0 Å². The molecule has 2 rings (SSSR count). The number of allylic oxidation sites excluding steroid dienone is 1. The van der Waals surface area contributed by atoms with Crippen LogP contribution in [0.5, 0.6) is 0 Å². The van der Waals surface area contributed by atoms with E-state index in [2.05, 4.69) is 11.0 Å². The molecule has 1 saturated heterocycles. The van der Waals surface area contributed by atoms with E-state index >= 15 is 0 Å². The first-order chi connectivity index (χ1) is 7.33. The van der Waals surface area contributed by atoms with E-state index in [1.54, 1.807) is 4.90 Å². The minimum atomic E-state index is -0.229. The summed E-state index contributed by atoms with van der Waals surface area (Å²) in [4.78, 5) is 15.6. The lowest BCUT2D eigenvalue weighted by Gasteiger charge is -2.37. The Kier molecular flexibility index (Phi) is 3.14. The molecule has 0 N–H and O–H groups in total. The molecule has 0 bridgehead atoms. The summed E-state index contributed by atoms with van der Waals surface area (Å²) in [6.45, 7) is 2.92. The Morgan fingerprint density at radius 2 is 2.07 bits per heavy atom. The van der Waals surface area contributed by atoms with Crippen LogP contribution >= 0.6 is 0 Å². The smallest absolute Gasteiger partial charge is 0.415 e. The second-order valence-electron chi connectivity index (χ2n) is 4.02.